The van der Waals surface area contributed by atoms with Crippen LogP contribution in [0.2, 0.25) is 0 Å². The number of aromatic nitrogens is 1. The van der Waals surface area contributed by atoms with Gasteiger partial charge in [0, 0.05) is 19.8 Å². The second-order valence-electron chi connectivity index (χ2n) is 4.99. The first kappa shape index (κ1) is 13.6. The van der Waals surface area contributed by atoms with Crippen LogP contribution in [0.4, 0.5) is 5.82 Å². The highest BCUT2D eigenvalue weighted by Crippen LogP contribution is 2.19. The third-order valence-corrected chi connectivity index (χ3v) is 3.15. The van der Waals surface area contributed by atoms with Crippen LogP contribution in [-0.4, -0.2) is 17.1 Å². The highest BCUT2D eigenvalue weighted by molar-refractivity contribution is 5.47. The molecule has 0 aliphatic rings. The molecule has 0 aliphatic carbocycles. The molecule has 0 fully saturated rings. The van der Waals surface area contributed by atoms with Crippen molar-refractivity contribution in [1.82, 2.24) is 4.98 Å². The number of pyridine rings is 1. The number of hydrogen-bond donors (Lipinski definition) is 1. The van der Waals surface area contributed by atoms with Gasteiger partial charge in [0.1, 0.15) is 5.82 Å². The van der Waals surface area contributed by atoms with Crippen molar-refractivity contribution in [2.45, 2.75) is 27.0 Å². The smallest absolute Gasteiger partial charge is 0.131 e. The van der Waals surface area contributed by atoms with Crippen LogP contribution in [0.3, 0.4) is 0 Å². The van der Waals surface area contributed by atoms with Gasteiger partial charge in [0.15, 0.2) is 0 Å². The van der Waals surface area contributed by atoms with E-state index in [9.17, 15) is 0 Å². The predicted molar refractivity (Wildman–Crippen MR) is 78.2 cm³/mol. The van der Waals surface area contributed by atoms with Crippen molar-refractivity contribution in [1.29, 1.82) is 0 Å². The molecule has 1 aromatic carbocycles. The van der Waals surface area contributed by atoms with Gasteiger partial charge in [-0.25, -0.2) is 4.98 Å². The molecule has 0 amide bonds. The van der Waals surface area contributed by atoms with Crippen molar-refractivity contribution in [2.75, 3.05) is 11.9 Å². The summed E-state index contributed by atoms with van der Waals surface area (Å²) in [6.45, 7) is 4.99. The number of rotatable bonds is 4. The summed E-state index contributed by atoms with van der Waals surface area (Å²) in [6, 6.07) is 10.5. The molecule has 1 heterocycles. The van der Waals surface area contributed by atoms with Crippen molar-refractivity contribution in [3.05, 3.63) is 58.8 Å². The fourth-order valence-corrected chi connectivity index (χ4v) is 2.27. The van der Waals surface area contributed by atoms with E-state index < -0.39 is 0 Å². The Hall–Kier alpha value is -1.87. The first-order chi connectivity index (χ1) is 9.10. The van der Waals surface area contributed by atoms with E-state index in [4.69, 9.17) is 5.11 Å². The van der Waals surface area contributed by atoms with E-state index in [1.165, 1.54) is 11.1 Å². The molecule has 0 bridgehead atoms. The lowest BCUT2D eigenvalue weighted by molar-refractivity contribution is 0.281. The molecular formula is C16H20N2O. The summed E-state index contributed by atoms with van der Waals surface area (Å²) in [5, 5.41) is 9.10. The first-order valence-corrected chi connectivity index (χ1v) is 6.43. The molecule has 0 radical (unpaired) electrons. The van der Waals surface area contributed by atoms with Crippen LogP contribution in [0.15, 0.2) is 36.5 Å². The Balaban J connectivity index is 2.18. The van der Waals surface area contributed by atoms with E-state index in [1.807, 2.05) is 20.0 Å². The van der Waals surface area contributed by atoms with Gasteiger partial charge in [-0.05, 0) is 36.6 Å². The van der Waals surface area contributed by atoms with Crippen LogP contribution < -0.4 is 4.90 Å². The SMILES string of the molecule is Cc1cccc(CN(C)c2ncc(CO)cc2C)c1. The summed E-state index contributed by atoms with van der Waals surface area (Å²) in [7, 11) is 2.04. The summed E-state index contributed by atoms with van der Waals surface area (Å²) in [4.78, 5) is 6.56. The molecule has 0 unspecified atom stereocenters. The second-order valence-corrected chi connectivity index (χ2v) is 4.99. The molecule has 1 aromatic heterocycles. The molecule has 3 heteroatoms. The number of aryl methyl sites for hydroxylation is 2. The summed E-state index contributed by atoms with van der Waals surface area (Å²) in [5.74, 6) is 0.957. The van der Waals surface area contributed by atoms with Gasteiger partial charge in [0.2, 0.25) is 0 Å². The van der Waals surface area contributed by atoms with Crippen molar-refractivity contribution >= 4 is 5.82 Å². The maximum Gasteiger partial charge on any atom is 0.131 e. The molecule has 0 saturated carbocycles. The maximum atomic E-state index is 9.10. The Morgan fingerprint density at radius 1 is 1.16 bits per heavy atom. The molecular weight excluding hydrogens is 236 g/mol. The number of hydrogen-bond acceptors (Lipinski definition) is 3. The molecule has 2 aromatic rings. The van der Waals surface area contributed by atoms with Gasteiger partial charge in [-0.15, -0.1) is 0 Å². The molecule has 3 nitrogen and oxygen atoms in total. The molecule has 0 atom stereocenters. The largest absolute Gasteiger partial charge is 0.392 e. The normalized spacial score (nSPS) is 10.5. The Labute approximate surface area is 114 Å². The van der Waals surface area contributed by atoms with Crippen LogP contribution in [0.5, 0.6) is 0 Å². The fraction of sp³-hybridized carbons (Fsp3) is 0.312. The Kier molecular flexibility index (Phi) is 4.17. The van der Waals surface area contributed by atoms with Gasteiger partial charge in [-0.3, -0.25) is 0 Å². The zero-order valence-electron chi connectivity index (χ0n) is 11.7. The van der Waals surface area contributed by atoms with Crippen LogP contribution in [0.25, 0.3) is 0 Å². The Morgan fingerprint density at radius 2 is 1.95 bits per heavy atom. The lowest BCUT2D eigenvalue weighted by Crippen LogP contribution is -2.19. The monoisotopic (exact) mass is 256 g/mol. The fourth-order valence-electron chi connectivity index (χ4n) is 2.27. The molecule has 2 rings (SSSR count). The van der Waals surface area contributed by atoms with Gasteiger partial charge >= 0.3 is 0 Å². The van der Waals surface area contributed by atoms with Gasteiger partial charge in [-0.2, -0.15) is 0 Å². The van der Waals surface area contributed by atoms with Crippen LogP contribution in [-0.2, 0) is 13.2 Å². The quantitative estimate of drug-likeness (QED) is 0.913. The van der Waals surface area contributed by atoms with Crippen molar-refractivity contribution in [2.24, 2.45) is 0 Å². The van der Waals surface area contributed by atoms with E-state index in [1.54, 1.807) is 6.20 Å². The van der Waals surface area contributed by atoms with E-state index in [0.29, 0.717) is 0 Å². The lowest BCUT2D eigenvalue weighted by Gasteiger charge is -2.20. The molecule has 19 heavy (non-hydrogen) atoms. The first-order valence-electron chi connectivity index (χ1n) is 6.43. The highest BCUT2D eigenvalue weighted by Gasteiger charge is 2.07. The van der Waals surface area contributed by atoms with E-state index in [-0.39, 0.29) is 6.61 Å². The van der Waals surface area contributed by atoms with Gasteiger partial charge < -0.3 is 10.0 Å². The number of benzene rings is 1. The summed E-state index contributed by atoms with van der Waals surface area (Å²) < 4.78 is 0. The number of aliphatic hydroxyl groups is 1. The lowest BCUT2D eigenvalue weighted by atomic mass is 10.1. The average molecular weight is 256 g/mol. The highest BCUT2D eigenvalue weighted by atomic mass is 16.3. The molecule has 100 valence electrons. The minimum Gasteiger partial charge on any atom is -0.392 e. The van der Waals surface area contributed by atoms with Crippen LogP contribution in [0, 0.1) is 13.8 Å². The van der Waals surface area contributed by atoms with Gasteiger partial charge in [0.25, 0.3) is 0 Å². The molecule has 1 N–H and O–H groups in total. The second kappa shape index (κ2) is 5.85. The van der Waals surface area contributed by atoms with Crippen molar-refractivity contribution < 1.29 is 5.11 Å². The van der Waals surface area contributed by atoms with Gasteiger partial charge in [-0.1, -0.05) is 29.8 Å². The predicted octanol–water partition coefficient (Wildman–Crippen LogP) is 2.83. The minimum absolute atomic E-state index is 0.0374. The van der Waals surface area contributed by atoms with Crippen molar-refractivity contribution in [3.8, 4) is 0 Å². The summed E-state index contributed by atoms with van der Waals surface area (Å²) >= 11 is 0. The standard InChI is InChI=1S/C16H20N2O/c1-12-5-4-6-14(7-12)10-18(3)16-13(2)8-15(11-19)9-17-16/h4-9,19H,10-11H2,1-3H3. The average Bonchev–Trinajstić information content (AvgIpc) is 2.38. The third kappa shape index (κ3) is 3.32. The minimum atomic E-state index is 0.0374. The maximum absolute atomic E-state index is 9.10. The summed E-state index contributed by atoms with van der Waals surface area (Å²) in [5.41, 5.74) is 4.48. The molecule has 0 saturated heterocycles. The van der Waals surface area contributed by atoms with Gasteiger partial charge in [0.05, 0.1) is 6.61 Å². The zero-order valence-corrected chi connectivity index (χ0v) is 11.7. The van der Waals surface area contributed by atoms with E-state index in [2.05, 4.69) is 41.1 Å². The number of aliphatic hydroxyl groups excluding tert-OH is 1. The number of anilines is 1. The van der Waals surface area contributed by atoms with Crippen LogP contribution in [0.1, 0.15) is 22.3 Å². The van der Waals surface area contributed by atoms with E-state index in [0.717, 1.165) is 23.5 Å². The number of nitrogens with zero attached hydrogens (tertiary/aromatic N) is 2. The summed E-state index contributed by atoms with van der Waals surface area (Å²) in [6.07, 6.45) is 1.73. The third-order valence-electron chi connectivity index (χ3n) is 3.15. The van der Waals surface area contributed by atoms with Crippen LogP contribution >= 0.6 is 0 Å². The zero-order chi connectivity index (χ0) is 13.8. The Bertz CT molecular complexity index is 566. The molecule has 0 aliphatic heterocycles. The van der Waals surface area contributed by atoms with Crippen molar-refractivity contribution in [3.63, 3.8) is 0 Å². The van der Waals surface area contributed by atoms with E-state index >= 15 is 0 Å². The molecule has 0 spiro atoms. The topological polar surface area (TPSA) is 36.4 Å². The Morgan fingerprint density at radius 3 is 2.58 bits per heavy atom.